The molecule has 0 aromatic carbocycles. The minimum Gasteiger partial charge on any atom is -0.453 e. The maximum Gasteiger partial charge on any atom is 0.575 e. The molecule has 0 aliphatic heterocycles. The van der Waals surface area contributed by atoms with Crippen LogP contribution in [0.2, 0.25) is 0 Å². The van der Waals surface area contributed by atoms with Crippen molar-refractivity contribution < 1.29 is 32.2 Å². The molecule has 0 radical (unpaired) electrons. The topological polar surface area (TPSA) is 78.6 Å². The lowest BCUT2D eigenvalue weighted by atomic mass is 10.8. The molecule has 0 aliphatic rings. The van der Waals surface area contributed by atoms with E-state index in [1.165, 1.54) is 7.11 Å². The lowest BCUT2D eigenvalue weighted by Crippen LogP contribution is -2.16. The largest absolute Gasteiger partial charge is 0.575 e. The molecule has 8 heteroatoms. The number of alkyl halides is 3. The molecule has 0 spiro atoms. The second-order valence-electron chi connectivity index (χ2n) is 1.56. The SMILES string of the molecule is CC(=O)OC(F)(F)F.COC(N)=O. The van der Waals surface area contributed by atoms with Crippen molar-refractivity contribution in [1.29, 1.82) is 0 Å². The smallest absolute Gasteiger partial charge is 0.453 e. The van der Waals surface area contributed by atoms with Gasteiger partial charge in [0, 0.05) is 6.92 Å². The van der Waals surface area contributed by atoms with Crippen molar-refractivity contribution in [2.24, 2.45) is 5.73 Å². The molecule has 0 aromatic rings. The first kappa shape index (κ1) is 14.1. The number of esters is 1. The molecule has 0 unspecified atom stereocenters. The van der Waals surface area contributed by atoms with Gasteiger partial charge in [-0.05, 0) is 0 Å². The van der Waals surface area contributed by atoms with Gasteiger partial charge in [-0.2, -0.15) is 0 Å². The van der Waals surface area contributed by atoms with Crippen LogP contribution in [0.25, 0.3) is 0 Å². The number of rotatable bonds is 0. The van der Waals surface area contributed by atoms with E-state index in [0.717, 1.165) is 0 Å². The van der Waals surface area contributed by atoms with Gasteiger partial charge in [-0.15, -0.1) is 13.2 Å². The van der Waals surface area contributed by atoms with Crippen molar-refractivity contribution in [2.75, 3.05) is 7.11 Å². The van der Waals surface area contributed by atoms with Crippen molar-refractivity contribution in [2.45, 2.75) is 13.3 Å². The Balaban J connectivity index is 0. The number of carbonyl (C=O) groups excluding carboxylic acids is 2. The summed E-state index contributed by atoms with van der Waals surface area (Å²) in [6, 6.07) is 0. The van der Waals surface area contributed by atoms with E-state index in [0.29, 0.717) is 6.92 Å². The number of hydrogen-bond acceptors (Lipinski definition) is 4. The van der Waals surface area contributed by atoms with Gasteiger partial charge in [0.2, 0.25) is 0 Å². The van der Waals surface area contributed by atoms with Gasteiger partial charge in [0.25, 0.3) is 0 Å². The third-order valence-electron chi connectivity index (χ3n) is 0.461. The molecule has 0 bridgehead atoms. The van der Waals surface area contributed by atoms with Gasteiger partial charge in [-0.1, -0.05) is 0 Å². The Morgan fingerprint density at radius 2 is 1.62 bits per heavy atom. The Kier molecular flexibility index (Phi) is 6.60. The number of ether oxygens (including phenoxy) is 2. The van der Waals surface area contributed by atoms with Crippen molar-refractivity contribution >= 4 is 12.1 Å². The summed E-state index contributed by atoms with van der Waals surface area (Å²) in [5.41, 5.74) is 4.43. The van der Waals surface area contributed by atoms with E-state index in [1.807, 2.05) is 0 Å². The Labute approximate surface area is 71.6 Å². The number of methoxy groups -OCH3 is 1. The first-order valence-electron chi connectivity index (χ1n) is 2.78. The van der Waals surface area contributed by atoms with Gasteiger partial charge in [-0.3, -0.25) is 4.79 Å². The van der Waals surface area contributed by atoms with Crippen LogP contribution in [0.5, 0.6) is 0 Å². The van der Waals surface area contributed by atoms with Gasteiger partial charge >= 0.3 is 18.4 Å². The van der Waals surface area contributed by atoms with E-state index in [1.54, 1.807) is 0 Å². The standard InChI is InChI=1S/C3H3F3O2.C2H5NO2/c1-2(7)8-3(4,5)6;1-5-2(3)4/h1H3;1H3,(H2,3,4). The van der Waals surface area contributed by atoms with Gasteiger partial charge in [0.05, 0.1) is 7.11 Å². The van der Waals surface area contributed by atoms with E-state index in [9.17, 15) is 22.8 Å². The Hall–Kier alpha value is -1.47. The number of primary amides is 1. The number of carbonyl (C=O) groups is 2. The summed E-state index contributed by atoms with van der Waals surface area (Å²) in [6.45, 7) is 0.688. The fraction of sp³-hybridized carbons (Fsp3) is 0.600. The van der Waals surface area contributed by atoms with Crippen LogP contribution in [0.15, 0.2) is 0 Å². The highest BCUT2D eigenvalue weighted by atomic mass is 19.4. The average molecular weight is 203 g/mol. The van der Waals surface area contributed by atoms with Gasteiger partial charge in [0.1, 0.15) is 0 Å². The van der Waals surface area contributed by atoms with Crippen molar-refractivity contribution in [3.8, 4) is 0 Å². The highest BCUT2D eigenvalue weighted by Gasteiger charge is 2.32. The van der Waals surface area contributed by atoms with E-state index >= 15 is 0 Å². The molecule has 5 nitrogen and oxygen atoms in total. The normalized spacial score (nSPS) is 9.31. The third-order valence-corrected chi connectivity index (χ3v) is 0.461. The van der Waals surface area contributed by atoms with E-state index < -0.39 is 18.4 Å². The van der Waals surface area contributed by atoms with Crippen LogP contribution >= 0.6 is 0 Å². The summed E-state index contributed by atoms with van der Waals surface area (Å²) in [4.78, 5) is 18.9. The zero-order chi connectivity index (χ0) is 11.1. The zero-order valence-corrected chi connectivity index (χ0v) is 6.84. The molecular formula is C5H8F3NO4. The minimum atomic E-state index is -4.83. The number of hydrogen-bond donors (Lipinski definition) is 1. The third kappa shape index (κ3) is 25.1. The molecule has 0 aromatic heterocycles. The Morgan fingerprint density at radius 3 is 1.62 bits per heavy atom. The van der Waals surface area contributed by atoms with Crippen LogP contribution < -0.4 is 5.73 Å². The molecular weight excluding hydrogens is 195 g/mol. The summed E-state index contributed by atoms with van der Waals surface area (Å²) in [6.07, 6.45) is -5.57. The summed E-state index contributed by atoms with van der Waals surface area (Å²) in [5, 5.41) is 0. The minimum absolute atomic E-state index is 0.688. The second kappa shape index (κ2) is 6.09. The van der Waals surface area contributed by atoms with Gasteiger partial charge < -0.3 is 15.2 Å². The quantitative estimate of drug-likeness (QED) is 0.590. The first-order valence-corrected chi connectivity index (χ1v) is 2.78. The average Bonchev–Trinajstić information content (AvgIpc) is 1.83. The van der Waals surface area contributed by atoms with Crippen molar-refractivity contribution in [1.82, 2.24) is 0 Å². The molecule has 0 saturated carbocycles. The van der Waals surface area contributed by atoms with E-state index in [4.69, 9.17) is 0 Å². The van der Waals surface area contributed by atoms with Crippen molar-refractivity contribution in [3.63, 3.8) is 0 Å². The Morgan fingerprint density at radius 1 is 1.31 bits per heavy atom. The summed E-state index contributed by atoms with van der Waals surface area (Å²) in [5.74, 6) is -1.35. The van der Waals surface area contributed by atoms with Gasteiger partial charge in [0.15, 0.2) is 0 Å². The van der Waals surface area contributed by atoms with Gasteiger partial charge in [-0.25, -0.2) is 4.79 Å². The fourth-order valence-corrected chi connectivity index (χ4v) is 0.163. The molecule has 0 heterocycles. The highest BCUT2D eigenvalue weighted by molar-refractivity contribution is 5.66. The fourth-order valence-electron chi connectivity index (χ4n) is 0.163. The van der Waals surface area contributed by atoms with Crippen LogP contribution in [0.1, 0.15) is 6.92 Å². The molecule has 0 rings (SSSR count). The molecule has 78 valence electrons. The maximum absolute atomic E-state index is 10.9. The van der Waals surface area contributed by atoms with Crippen molar-refractivity contribution in [3.05, 3.63) is 0 Å². The molecule has 0 fully saturated rings. The van der Waals surface area contributed by atoms with Crippen LogP contribution in [0.4, 0.5) is 18.0 Å². The lowest BCUT2D eigenvalue weighted by molar-refractivity contribution is -0.304. The number of nitrogens with two attached hydrogens (primary N) is 1. The van der Waals surface area contributed by atoms with E-state index in [2.05, 4.69) is 15.2 Å². The predicted molar refractivity (Wildman–Crippen MR) is 34.4 cm³/mol. The van der Waals surface area contributed by atoms with Crippen LogP contribution in [-0.2, 0) is 14.3 Å². The molecule has 0 saturated heterocycles. The predicted octanol–water partition coefficient (Wildman–Crippen LogP) is 0.781. The van der Waals surface area contributed by atoms with Crippen LogP contribution in [0, 0.1) is 0 Å². The van der Waals surface area contributed by atoms with Crippen LogP contribution in [-0.4, -0.2) is 25.5 Å². The summed E-state index contributed by atoms with van der Waals surface area (Å²) < 4.78 is 39.3. The molecule has 0 aliphatic carbocycles. The summed E-state index contributed by atoms with van der Waals surface area (Å²) >= 11 is 0. The molecule has 2 N–H and O–H groups in total. The summed E-state index contributed by atoms with van der Waals surface area (Å²) in [7, 11) is 1.22. The maximum atomic E-state index is 10.9. The molecule has 0 atom stereocenters. The lowest BCUT2D eigenvalue weighted by Gasteiger charge is -2.02. The second-order valence-corrected chi connectivity index (χ2v) is 1.56. The first-order chi connectivity index (χ1) is 5.69. The van der Waals surface area contributed by atoms with Crippen LogP contribution in [0.3, 0.4) is 0 Å². The molecule has 1 amide bonds. The number of halogens is 3. The zero-order valence-electron chi connectivity index (χ0n) is 6.84. The number of amides is 1. The van der Waals surface area contributed by atoms with E-state index in [-0.39, 0.29) is 0 Å². The highest BCUT2D eigenvalue weighted by Crippen LogP contribution is 2.15. The molecule has 13 heavy (non-hydrogen) atoms. The monoisotopic (exact) mass is 203 g/mol. The Bertz CT molecular complexity index is 179.